The Hall–Kier alpha value is -0.670. The maximum absolute atomic E-state index is 9.96. The number of hydroxylamine groups is 1. The van der Waals surface area contributed by atoms with Gasteiger partial charge in [0.1, 0.15) is 0 Å². The fraction of sp³-hybridized carbons (Fsp3) is 0.250. The smallest absolute Gasteiger partial charge is 0.334 e. The second-order valence-electron chi connectivity index (χ2n) is 1.02. The summed E-state index contributed by atoms with van der Waals surface area (Å²) in [5.74, 6) is -0.484. The zero-order valence-corrected chi connectivity index (χ0v) is 4.05. The van der Waals surface area contributed by atoms with Crippen molar-refractivity contribution in [2.75, 3.05) is 0 Å². The summed E-state index contributed by atoms with van der Waals surface area (Å²) in [6.07, 6.45) is 2.74. The van der Waals surface area contributed by atoms with Crippen LogP contribution in [0, 0.1) is 5.21 Å². The molecule has 2 N–H and O–H groups in total. The summed E-state index contributed by atoms with van der Waals surface area (Å²) in [4.78, 5) is 9.96. The molecule has 0 aliphatic heterocycles. The van der Waals surface area contributed by atoms with Gasteiger partial charge in [-0.25, -0.2) is 4.79 Å². The number of hydrogen-bond donors (Lipinski definition) is 1. The minimum atomic E-state index is -0.484. The summed E-state index contributed by atoms with van der Waals surface area (Å²) in [6.45, 7) is 1.68. The first kappa shape index (κ1) is 6.33. The number of rotatable bonds is 1. The molecule has 0 aliphatic rings. The van der Waals surface area contributed by atoms with Gasteiger partial charge in [-0.1, -0.05) is 6.08 Å². The van der Waals surface area contributed by atoms with E-state index in [0.29, 0.717) is 0 Å². The first-order valence-electron chi connectivity index (χ1n) is 1.93. The Morgan fingerprint density at radius 2 is 2.43 bits per heavy atom. The number of primary amides is 1. The Morgan fingerprint density at radius 1 is 1.86 bits per heavy atom. The lowest BCUT2D eigenvalue weighted by Gasteiger charge is -1.89. The highest BCUT2D eigenvalue weighted by molar-refractivity contribution is 5.78. The average molecular weight is 101 g/mol. The van der Waals surface area contributed by atoms with E-state index in [9.17, 15) is 10.0 Å². The van der Waals surface area contributed by atoms with Crippen molar-refractivity contribution >= 4 is 5.91 Å². The van der Waals surface area contributed by atoms with Crippen LogP contribution in [0.3, 0.4) is 0 Å². The molecule has 0 bridgehead atoms. The normalized spacial score (nSPS) is 10.0. The van der Waals surface area contributed by atoms with E-state index in [1.807, 2.05) is 0 Å². The predicted molar refractivity (Wildman–Crippen MR) is 25.1 cm³/mol. The SMILES string of the molecule is CC=CC(=O)[NH2+][O-]. The zero-order chi connectivity index (χ0) is 5.70. The van der Waals surface area contributed by atoms with Gasteiger partial charge in [0.05, 0.1) is 0 Å². The molecular weight excluding hydrogens is 94.0 g/mol. The lowest BCUT2D eigenvalue weighted by molar-refractivity contribution is -0.495. The van der Waals surface area contributed by atoms with Crippen LogP contribution in [0.25, 0.3) is 0 Å². The quantitative estimate of drug-likeness (QED) is 0.345. The number of nitrogens with two attached hydrogens (primary N) is 1. The summed E-state index contributed by atoms with van der Waals surface area (Å²) in [5, 5.41) is 9.49. The number of carbonyl (C=O) groups is 1. The third kappa shape index (κ3) is 3.15. The van der Waals surface area contributed by atoms with Gasteiger partial charge in [0.25, 0.3) is 0 Å². The lowest BCUT2D eigenvalue weighted by Crippen LogP contribution is -2.81. The molecule has 0 aromatic heterocycles. The van der Waals surface area contributed by atoms with Gasteiger partial charge in [0.15, 0.2) is 0 Å². The first-order valence-corrected chi connectivity index (χ1v) is 1.93. The largest absolute Gasteiger partial charge is 0.628 e. The molecule has 0 aliphatic carbocycles. The molecule has 0 rings (SSSR count). The van der Waals surface area contributed by atoms with Gasteiger partial charge in [-0.15, -0.1) is 0 Å². The second kappa shape index (κ2) is 3.52. The van der Waals surface area contributed by atoms with Crippen LogP contribution in [-0.2, 0) is 4.79 Å². The van der Waals surface area contributed by atoms with Crippen molar-refractivity contribution in [2.24, 2.45) is 0 Å². The van der Waals surface area contributed by atoms with Crippen LogP contribution in [0.5, 0.6) is 0 Å². The van der Waals surface area contributed by atoms with Crippen LogP contribution in [0.2, 0.25) is 0 Å². The predicted octanol–water partition coefficient (Wildman–Crippen LogP) is -0.850. The maximum Gasteiger partial charge on any atom is 0.334 e. The molecule has 0 heterocycles. The van der Waals surface area contributed by atoms with Crippen molar-refractivity contribution < 1.29 is 10.3 Å². The fourth-order valence-corrected chi connectivity index (χ4v) is 0.204. The van der Waals surface area contributed by atoms with E-state index in [0.717, 1.165) is 0 Å². The molecule has 0 aromatic carbocycles. The van der Waals surface area contributed by atoms with Crippen LogP contribution in [0.4, 0.5) is 0 Å². The van der Waals surface area contributed by atoms with Crippen molar-refractivity contribution in [3.8, 4) is 0 Å². The van der Waals surface area contributed by atoms with E-state index < -0.39 is 5.91 Å². The van der Waals surface area contributed by atoms with Crippen molar-refractivity contribution in [1.29, 1.82) is 0 Å². The summed E-state index contributed by atoms with van der Waals surface area (Å²) >= 11 is 0. The number of quaternary nitrogens is 1. The van der Waals surface area contributed by atoms with E-state index >= 15 is 0 Å². The van der Waals surface area contributed by atoms with E-state index in [-0.39, 0.29) is 5.48 Å². The summed E-state index contributed by atoms with van der Waals surface area (Å²) in [7, 11) is 0. The minimum absolute atomic E-state index is 0.278. The van der Waals surface area contributed by atoms with Gasteiger partial charge in [0.2, 0.25) is 0 Å². The molecule has 0 saturated heterocycles. The summed E-state index contributed by atoms with van der Waals surface area (Å²) in [6, 6.07) is 0. The fourth-order valence-electron chi connectivity index (χ4n) is 0.204. The van der Waals surface area contributed by atoms with E-state index in [1.54, 1.807) is 6.92 Å². The van der Waals surface area contributed by atoms with Gasteiger partial charge >= 0.3 is 5.91 Å². The molecule has 0 aromatic rings. The van der Waals surface area contributed by atoms with Crippen molar-refractivity contribution in [3.05, 3.63) is 17.4 Å². The Balaban J connectivity index is 3.37. The number of hydrogen-bond acceptors (Lipinski definition) is 2. The van der Waals surface area contributed by atoms with Gasteiger partial charge in [-0.3, -0.25) is 0 Å². The van der Waals surface area contributed by atoms with Crippen molar-refractivity contribution in [2.45, 2.75) is 6.92 Å². The molecule has 40 valence electrons. The first-order chi connectivity index (χ1) is 3.31. The van der Waals surface area contributed by atoms with Gasteiger partial charge in [-0.05, 0) is 6.92 Å². The number of allylic oxidation sites excluding steroid dienone is 1. The lowest BCUT2D eigenvalue weighted by atomic mass is 10.5. The van der Waals surface area contributed by atoms with E-state index in [1.165, 1.54) is 12.2 Å². The van der Waals surface area contributed by atoms with Crippen molar-refractivity contribution in [3.63, 3.8) is 0 Å². The van der Waals surface area contributed by atoms with Crippen molar-refractivity contribution in [1.82, 2.24) is 0 Å². The third-order valence-electron chi connectivity index (χ3n) is 0.447. The molecule has 3 heteroatoms. The summed E-state index contributed by atoms with van der Waals surface area (Å²) < 4.78 is 0. The Morgan fingerprint density at radius 3 is 2.57 bits per heavy atom. The molecule has 0 atom stereocenters. The molecule has 1 amide bonds. The Bertz CT molecular complexity index is 87.7. The monoisotopic (exact) mass is 101 g/mol. The standard InChI is InChI=1S/C4H7NO2/c1-2-3-4(6)5-7/h2-3H,5H2,1H3. The Kier molecular flexibility index (Phi) is 3.18. The average Bonchev–Trinajstić information content (AvgIpc) is 1.68. The molecule has 0 radical (unpaired) electrons. The maximum atomic E-state index is 9.96. The molecule has 0 saturated carbocycles. The van der Waals surface area contributed by atoms with Crippen LogP contribution in [-0.4, -0.2) is 5.91 Å². The van der Waals surface area contributed by atoms with Crippen LogP contribution in [0.15, 0.2) is 12.2 Å². The van der Waals surface area contributed by atoms with Gasteiger partial charge in [-0.2, -0.15) is 0 Å². The van der Waals surface area contributed by atoms with Crippen LogP contribution >= 0.6 is 0 Å². The number of carbonyl (C=O) groups excluding carboxylic acids is 1. The molecule has 3 nitrogen and oxygen atoms in total. The highest BCUT2D eigenvalue weighted by Gasteiger charge is 1.84. The van der Waals surface area contributed by atoms with Crippen LogP contribution in [0.1, 0.15) is 6.92 Å². The summed E-state index contributed by atoms with van der Waals surface area (Å²) in [5.41, 5.74) is 0.278. The highest BCUT2D eigenvalue weighted by Crippen LogP contribution is 1.61. The molecule has 7 heavy (non-hydrogen) atoms. The van der Waals surface area contributed by atoms with Gasteiger partial charge < -0.3 is 10.7 Å². The van der Waals surface area contributed by atoms with E-state index in [4.69, 9.17) is 0 Å². The van der Waals surface area contributed by atoms with Crippen LogP contribution < -0.4 is 5.48 Å². The molecular formula is C4H7NO2. The van der Waals surface area contributed by atoms with E-state index in [2.05, 4.69) is 0 Å². The number of amides is 1. The second-order valence-corrected chi connectivity index (χ2v) is 1.02. The highest BCUT2D eigenvalue weighted by atomic mass is 16.5. The topological polar surface area (TPSA) is 56.7 Å². The molecule has 0 spiro atoms. The van der Waals surface area contributed by atoms with Gasteiger partial charge in [0, 0.05) is 6.08 Å². The third-order valence-corrected chi connectivity index (χ3v) is 0.447. The Labute approximate surface area is 41.6 Å². The zero-order valence-electron chi connectivity index (χ0n) is 4.05. The molecule has 0 fully saturated rings. The molecule has 0 unspecified atom stereocenters. The minimum Gasteiger partial charge on any atom is -0.628 e.